The van der Waals surface area contributed by atoms with Gasteiger partial charge in [-0.15, -0.1) is 0 Å². The molecule has 0 aromatic heterocycles. The van der Waals surface area contributed by atoms with Gasteiger partial charge in [0.15, 0.2) is 0 Å². The fourth-order valence-electron chi connectivity index (χ4n) is 4.89. The van der Waals surface area contributed by atoms with Gasteiger partial charge in [-0.25, -0.2) is 18.4 Å². The Balaban J connectivity index is 1.23. The monoisotopic (exact) mass is 486 g/mol. The summed E-state index contributed by atoms with van der Waals surface area (Å²) < 4.78 is 32.7. The van der Waals surface area contributed by atoms with Gasteiger partial charge in [0.25, 0.3) is 5.92 Å². The van der Waals surface area contributed by atoms with Gasteiger partial charge in [0, 0.05) is 25.3 Å². The van der Waals surface area contributed by atoms with Crippen LogP contribution in [-0.4, -0.2) is 59.6 Å². The van der Waals surface area contributed by atoms with Crippen LogP contribution in [0.15, 0.2) is 48.5 Å². The number of ether oxygens (including phenoxy) is 1. The SMILES string of the molecule is CC(CCNC(=O)OCC1c2ccccc2-c2ccccc21)CC(=O)N1CC(F)(F)CC1C(=O)O. The van der Waals surface area contributed by atoms with Crippen LogP contribution >= 0.6 is 0 Å². The number of nitrogens with zero attached hydrogens (tertiary/aromatic N) is 1. The third-order valence-electron chi connectivity index (χ3n) is 6.65. The number of nitrogens with one attached hydrogen (secondary N) is 1. The van der Waals surface area contributed by atoms with Crippen molar-refractivity contribution in [1.29, 1.82) is 0 Å². The summed E-state index contributed by atoms with van der Waals surface area (Å²) in [6.07, 6.45) is -1.11. The molecule has 2 aromatic rings. The average Bonchev–Trinajstić information content (AvgIpc) is 3.32. The molecule has 2 atom stereocenters. The minimum absolute atomic E-state index is 0.0505. The fourth-order valence-corrected chi connectivity index (χ4v) is 4.89. The predicted octanol–water partition coefficient (Wildman–Crippen LogP) is 4.26. The first-order chi connectivity index (χ1) is 16.7. The maximum absolute atomic E-state index is 13.6. The van der Waals surface area contributed by atoms with Gasteiger partial charge in [-0.1, -0.05) is 55.5 Å². The molecule has 0 bridgehead atoms. The highest BCUT2D eigenvalue weighted by atomic mass is 19.3. The van der Waals surface area contributed by atoms with Crippen molar-refractivity contribution in [2.45, 2.75) is 44.1 Å². The van der Waals surface area contributed by atoms with Crippen LogP contribution in [0.2, 0.25) is 0 Å². The molecule has 2 aliphatic rings. The number of halogens is 2. The van der Waals surface area contributed by atoms with Crippen molar-refractivity contribution in [2.75, 3.05) is 19.7 Å². The van der Waals surface area contributed by atoms with Gasteiger partial charge >= 0.3 is 12.1 Å². The highest BCUT2D eigenvalue weighted by Gasteiger charge is 2.50. The highest BCUT2D eigenvalue weighted by Crippen LogP contribution is 2.44. The molecular formula is C26H28F2N2O5. The van der Waals surface area contributed by atoms with E-state index in [1.165, 1.54) is 0 Å². The molecule has 1 heterocycles. The first kappa shape index (κ1) is 24.6. The topological polar surface area (TPSA) is 95.9 Å². The molecule has 7 nitrogen and oxygen atoms in total. The second-order valence-corrected chi connectivity index (χ2v) is 9.29. The summed E-state index contributed by atoms with van der Waals surface area (Å²) >= 11 is 0. The van der Waals surface area contributed by atoms with E-state index in [1.54, 1.807) is 6.92 Å². The number of rotatable bonds is 8. The molecule has 9 heteroatoms. The average molecular weight is 487 g/mol. The summed E-state index contributed by atoms with van der Waals surface area (Å²) in [5.74, 6) is -5.54. The Hall–Kier alpha value is -3.49. The van der Waals surface area contributed by atoms with Crippen molar-refractivity contribution in [1.82, 2.24) is 10.2 Å². The van der Waals surface area contributed by atoms with Gasteiger partial charge in [0.05, 0.1) is 6.54 Å². The Morgan fingerprint density at radius 2 is 1.71 bits per heavy atom. The van der Waals surface area contributed by atoms with Crippen molar-refractivity contribution < 1.29 is 33.0 Å². The van der Waals surface area contributed by atoms with E-state index >= 15 is 0 Å². The first-order valence-electron chi connectivity index (χ1n) is 11.7. The molecule has 0 radical (unpaired) electrons. The lowest BCUT2D eigenvalue weighted by atomic mass is 9.98. The van der Waals surface area contributed by atoms with Crippen molar-refractivity contribution in [3.63, 3.8) is 0 Å². The number of likely N-dealkylation sites (tertiary alicyclic amines) is 1. The number of aliphatic carboxylic acids is 1. The van der Waals surface area contributed by atoms with Crippen LogP contribution in [0.3, 0.4) is 0 Å². The summed E-state index contributed by atoms with van der Waals surface area (Å²) in [6, 6.07) is 14.5. The number of alkyl halides is 2. The van der Waals surface area contributed by atoms with E-state index in [0.29, 0.717) is 6.42 Å². The Morgan fingerprint density at radius 3 is 2.31 bits per heavy atom. The molecule has 2 unspecified atom stereocenters. The number of fused-ring (bicyclic) bond motifs is 3. The van der Waals surface area contributed by atoms with Gasteiger partial charge in [0.1, 0.15) is 12.6 Å². The minimum Gasteiger partial charge on any atom is -0.480 e. The minimum atomic E-state index is -3.20. The molecule has 4 rings (SSSR count). The Kier molecular flexibility index (Phi) is 7.05. The van der Waals surface area contributed by atoms with Crippen LogP contribution in [0.25, 0.3) is 11.1 Å². The summed E-state index contributed by atoms with van der Waals surface area (Å²) in [4.78, 5) is 36.7. The predicted molar refractivity (Wildman–Crippen MR) is 124 cm³/mol. The number of benzene rings is 2. The number of hydrogen-bond acceptors (Lipinski definition) is 4. The standard InChI is InChI=1S/C26H28F2N2O5/c1-16(12-23(31)30-15-26(27,28)13-22(30)24(32)33)10-11-29-25(34)35-14-21-19-8-4-2-6-17(19)18-7-3-5-9-20(18)21/h2-9,16,21-22H,10-15H2,1H3,(H,29,34)(H,32,33). The van der Waals surface area contributed by atoms with Crippen molar-refractivity contribution >= 4 is 18.0 Å². The largest absolute Gasteiger partial charge is 0.480 e. The fraction of sp³-hybridized carbons (Fsp3) is 0.423. The molecule has 1 saturated heterocycles. The van der Waals surface area contributed by atoms with Crippen molar-refractivity contribution in [3.05, 3.63) is 59.7 Å². The summed E-state index contributed by atoms with van der Waals surface area (Å²) in [7, 11) is 0. The van der Waals surface area contributed by atoms with Crippen molar-refractivity contribution in [2.24, 2.45) is 5.92 Å². The van der Waals surface area contributed by atoms with Crippen LogP contribution in [0, 0.1) is 5.92 Å². The normalized spacial score (nSPS) is 19.1. The second-order valence-electron chi connectivity index (χ2n) is 9.29. The van der Waals surface area contributed by atoms with Gasteiger partial charge < -0.3 is 20.1 Å². The maximum atomic E-state index is 13.6. The van der Waals surface area contributed by atoms with E-state index in [-0.39, 0.29) is 31.4 Å². The Morgan fingerprint density at radius 1 is 1.11 bits per heavy atom. The molecule has 1 aliphatic heterocycles. The van der Waals surface area contributed by atoms with Crippen LogP contribution in [-0.2, 0) is 14.3 Å². The van der Waals surface area contributed by atoms with Gasteiger partial charge in [-0.2, -0.15) is 0 Å². The van der Waals surface area contributed by atoms with Gasteiger partial charge in [-0.05, 0) is 34.6 Å². The molecule has 0 saturated carbocycles. The highest BCUT2D eigenvalue weighted by molar-refractivity contribution is 5.84. The molecule has 1 aliphatic carbocycles. The molecule has 35 heavy (non-hydrogen) atoms. The lowest BCUT2D eigenvalue weighted by molar-refractivity contribution is -0.148. The number of carboxylic acids is 1. The first-order valence-corrected chi connectivity index (χ1v) is 11.7. The Bertz CT molecular complexity index is 1080. The molecule has 2 aromatic carbocycles. The zero-order valence-corrected chi connectivity index (χ0v) is 19.4. The third-order valence-corrected chi connectivity index (χ3v) is 6.65. The van der Waals surface area contributed by atoms with Crippen LogP contribution < -0.4 is 5.32 Å². The number of amides is 2. The summed E-state index contributed by atoms with van der Waals surface area (Å²) in [5.41, 5.74) is 4.49. The van der Waals surface area contributed by atoms with Gasteiger partial charge in [0.2, 0.25) is 5.91 Å². The zero-order valence-electron chi connectivity index (χ0n) is 19.4. The molecule has 186 valence electrons. The van der Waals surface area contributed by atoms with E-state index in [0.717, 1.165) is 27.2 Å². The summed E-state index contributed by atoms with van der Waals surface area (Å²) in [6.45, 7) is 1.30. The number of hydrogen-bond donors (Lipinski definition) is 2. The second kappa shape index (κ2) is 10.0. The van der Waals surface area contributed by atoms with Gasteiger partial charge in [-0.3, -0.25) is 4.79 Å². The zero-order chi connectivity index (χ0) is 25.2. The van der Waals surface area contributed by atoms with Crippen molar-refractivity contribution in [3.8, 4) is 11.1 Å². The van der Waals surface area contributed by atoms with E-state index in [2.05, 4.69) is 17.4 Å². The molecule has 1 fully saturated rings. The Labute approximate surface area is 202 Å². The number of carboxylic acid groups (broad SMARTS) is 1. The lowest BCUT2D eigenvalue weighted by Crippen LogP contribution is -2.41. The van der Waals surface area contributed by atoms with E-state index in [9.17, 15) is 23.2 Å². The number of carbonyl (C=O) groups excluding carboxylic acids is 2. The maximum Gasteiger partial charge on any atom is 0.407 e. The van der Waals surface area contributed by atoms with Crippen LogP contribution in [0.5, 0.6) is 0 Å². The third kappa shape index (κ3) is 5.44. The van der Waals surface area contributed by atoms with Crippen LogP contribution in [0.4, 0.5) is 13.6 Å². The van der Waals surface area contributed by atoms with E-state index in [4.69, 9.17) is 9.84 Å². The van der Waals surface area contributed by atoms with E-state index < -0.39 is 42.9 Å². The molecule has 2 amide bonds. The smallest absolute Gasteiger partial charge is 0.407 e. The number of alkyl carbamates (subject to hydrolysis) is 1. The summed E-state index contributed by atoms with van der Waals surface area (Å²) in [5, 5.41) is 11.8. The number of carbonyl (C=O) groups is 3. The molecular weight excluding hydrogens is 458 g/mol. The molecule has 2 N–H and O–H groups in total. The van der Waals surface area contributed by atoms with Crippen LogP contribution in [0.1, 0.15) is 43.2 Å². The van der Waals surface area contributed by atoms with E-state index in [1.807, 2.05) is 36.4 Å². The quantitative estimate of drug-likeness (QED) is 0.581. The lowest BCUT2D eigenvalue weighted by Gasteiger charge is -2.22. The molecule has 0 spiro atoms.